The van der Waals surface area contributed by atoms with E-state index >= 15 is 0 Å². The molecule has 0 spiro atoms. The van der Waals surface area contributed by atoms with Crippen LogP contribution < -0.4 is 16.6 Å². The zero-order valence-corrected chi connectivity index (χ0v) is 15.8. The van der Waals surface area contributed by atoms with Crippen LogP contribution in [0, 0.1) is 6.92 Å². The van der Waals surface area contributed by atoms with E-state index in [1.165, 1.54) is 16.9 Å². The van der Waals surface area contributed by atoms with Crippen molar-refractivity contribution in [2.24, 2.45) is 0 Å². The second kappa shape index (κ2) is 6.17. The van der Waals surface area contributed by atoms with Crippen LogP contribution in [0.5, 0.6) is 0 Å². The molecule has 5 rings (SSSR count). The number of hydrogen-bond acceptors (Lipinski definition) is 4. The second-order valence-corrected chi connectivity index (χ2v) is 8.00. The minimum atomic E-state index is -0.0447. The molecule has 1 unspecified atom stereocenters. The average Bonchev–Trinajstić information content (AvgIpc) is 3.24. The van der Waals surface area contributed by atoms with E-state index in [0.29, 0.717) is 13.0 Å². The third kappa shape index (κ3) is 2.64. The number of aromatic amines is 1. The van der Waals surface area contributed by atoms with Crippen LogP contribution in [0.2, 0.25) is 0 Å². The van der Waals surface area contributed by atoms with Crippen molar-refractivity contribution in [3.63, 3.8) is 0 Å². The molecule has 27 heavy (non-hydrogen) atoms. The Morgan fingerprint density at radius 2 is 2.26 bits per heavy atom. The Kier molecular flexibility index (Phi) is 3.76. The van der Waals surface area contributed by atoms with Crippen molar-refractivity contribution >= 4 is 27.3 Å². The highest BCUT2D eigenvalue weighted by Gasteiger charge is 2.25. The van der Waals surface area contributed by atoms with Gasteiger partial charge in [-0.15, -0.1) is 11.3 Å². The number of aryl methyl sites for hydroxylation is 1. The summed E-state index contributed by atoms with van der Waals surface area (Å²) in [5.41, 5.74) is 4.73. The molecule has 0 saturated heterocycles. The summed E-state index contributed by atoms with van der Waals surface area (Å²) in [6.45, 7) is 3.39. The average molecular weight is 382 g/mol. The number of para-hydroxylation sites is 1. The topological polar surface area (TPSA) is 88.8 Å². The van der Waals surface area contributed by atoms with E-state index in [0.717, 1.165) is 40.2 Å². The molecule has 0 amide bonds. The van der Waals surface area contributed by atoms with E-state index in [-0.39, 0.29) is 17.3 Å². The van der Waals surface area contributed by atoms with Gasteiger partial charge in [0.15, 0.2) is 4.96 Å². The summed E-state index contributed by atoms with van der Waals surface area (Å²) in [6, 6.07) is 6.33. The fourth-order valence-corrected chi connectivity index (χ4v) is 4.89. The molecule has 0 fully saturated rings. The summed E-state index contributed by atoms with van der Waals surface area (Å²) in [7, 11) is 0. The van der Waals surface area contributed by atoms with E-state index in [9.17, 15) is 9.59 Å². The fourth-order valence-electron chi connectivity index (χ4n) is 4.14. The Morgan fingerprint density at radius 1 is 1.37 bits per heavy atom. The second-order valence-electron chi connectivity index (χ2n) is 7.13. The van der Waals surface area contributed by atoms with Gasteiger partial charge in [-0.1, -0.05) is 12.1 Å². The summed E-state index contributed by atoms with van der Waals surface area (Å²) < 4.78 is 3.47. The van der Waals surface area contributed by atoms with Crippen molar-refractivity contribution in [2.45, 2.75) is 32.4 Å². The van der Waals surface area contributed by atoms with Crippen LogP contribution in [0.25, 0.3) is 16.0 Å². The van der Waals surface area contributed by atoms with Crippen molar-refractivity contribution in [3.8, 4) is 0 Å². The number of imidazole rings is 1. The van der Waals surface area contributed by atoms with E-state index in [1.54, 1.807) is 10.6 Å². The Balaban J connectivity index is 1.34. The zero-order valence-electron chi connectivity index (χ0n) is 14.9. The molecular weight excluding hydrogens is 362 g/mol. The summed E-state index contributed by atoms with van der Waals surface area (Å²) in [5, 5.41) is 4.14. The van der Waals surface area contributed by atoms with Gasteiger partial charge in [0.25, 0.3) is 5.56 Å². The number of fused-ring (bicyclic) bond motifs is 1. The van der Waals surface area contributed by atoms with Crippen LogP contribution in [-0.4, -0.2) is 31.5 Å². The maximum Gasteiger partial charge on any atom is 0.326 e. The molecule has 0 aliphatic carbocycles. The first-order chi connectivity index (χ1) is 13.1. The van der Waals surface area contributed by atoms with Crippen LogP contribution in [0.4, 0.5) is 0 Å². The molecule has 8 heteroatoms. The van der Waals surface area contributed by atoms with E-state index in [4.69, 9.17) is 0 Å². The monoisotopic (exact) mass is 382 g/mol. The van der Waals surface area contributed by atoms with Gasteiger partial charge < -0.3 is 10.3 Å². The number of H-pyrrole nitrogens is 1. The highest BCUT2D eigenvalue weighted by atomic mass is 32.1. The Bertz CT molecular complexity index is 1280. The Hall–Kier alpha value is -2.71. The van der Waals surface area contributed by atoms with Gasteiger partial charge in [0.05, 0.1) is 24.1 Å². The third-order valence-electron chi connectivity index (χ3n) is 5.44. The Morgan fingerprint density at radius 3 is 3.15 bits per heavy atom. The number of benzene rings is 1. The molecule has 3 aromatic heterocycles. The summed E-state index contributed by atoms with van der Waals surface area (Å²) in [4.78, 5) is 33.1. The Labute approximate surface area is 158 Å². The first-order valence-electron chi connectivity index (χ1n) is 9.11. The number of thiazole rings is 1. The summed E-state index contributed by atoms with van der Waals surface area (Å²) in [6.07, 6.45) is 3.38. The zero-order chi connectivity index (χ0) is 18.5. The number of nitrogens with one attached hydrogen (secondary N) is 1. The van der Waals surface area contributed by atoms with Gasteiger partial charge >= 0.3 is 5.69 Å². The fraction of sp³-hybridized carbons (Fsp3) is 0.316. The van der Waals surface area contributed by atoms with Crippen LogP contribution in [0.15, 0.2) is 39.4 Å². The van der Waals surface area contributed by atoms with Crippen molar-refractivity contribution in [2.75, 3.05) is 6.54 Å². The van der Waals surface area contributed by atoms with Gasteiger partial charge in [0.2, 0.25) is 0 Å². The lowest BCUT2D eigenvalue weighted by atomic mass is 10.0. The maximum atomic E-state index is 12.7. The molecule has 7 nitrogen and oxygen atoms in total. The molecule has 0 saturated carbocycles. The molecule has 1 aromatic carbocycles. The SMILES string of the molecule is Cc1nc2sccn2c(=O)c1CC[NH2+]C1Cc2cccc3[nH]c(=O)n(c23)C1. The molecule has 4 aromatic rings. The van der Waals surface area contributed by atoms with Gasteiger partial charge in [-0.05, 0) is 18.6 Å². The smallest absolute Gasteiger partial charge is 0.326 e. The standard InChI is InChI=1S/C19H19N5O2S/c1-11-14(17(25)23-7-8-27-19(23)21-11)5-6-20-13-9-12-3-2-4-15-16(12)24(10-13)18(26)22-15/h2-4,7-8,13,20H,5-6,9-10H2,1H3,(H,22,26)/p+1. The number of nitrogens with two attached hydrogens (primary N) is 1. The first-order valence-corrected chi connectivity index (χ1v) is 9.99. The predicted molar refractivity (Wildman–Crippen MR) is 105 cm³/mol. The molecule has 4 heterocycles. The van der Waals surface area contributed by atoms with Crippen molar-refractivity contribution in [1.29, 1.82) is 0 Å². The van der Waals surface area contributed by atoms with E-state index in [1.807, 2.05) is 29.0 Å². The summed E-state index contributed by atoms with van der Waals surface area (Å²) >= 11 is 1.47. The van der Waals surface area contributed by atoms with Gasteiger partial charge in [-0.3, -0.25) is 13.8 Å². The molecule has 3 N–H and O–H groups in total. The van der Waals surface area contributed by atoms with Crippen molar-refractivity contribution < 1.29 is 5.32 Å². The largest absolute Gasteiger partial charge is 0.342 e. The lowest BCUT2D eigenvalue weighted by Crippen LogP contribution is -2.92. The van der Waals surface area contributed by atoms with Crippen LogP contribution >= 0.6 is 11.3 Å². The lowest BCUT2D eigenvalue weighted by Gasteiger charge is -2.22. The van der Waals surface area contributed by atoms with Gasteiger partial charge in [-0.2, -0.15) is 0 Å². The van der Waals surface area contributed by atoms with Gasteiger partial charge in [-0.25, -0.2) is 9.78 Å². The van der Waals surface area contributed by atoms with Crippen LogP contribution in [-0.2, 0) is 19.4 Å². The molecule has 1 aliphatic heterocycles. The highest BCUT2D eigenvalue weighted by molar-refractivity contribution is 7.15. The molecule has 0 radical (unpaired) electrons. The predicted octanol–water partition coefficient (Wildman–Crippen LogP) is 0.438. The molecule has 1 aliphatic rings. The molecule has 138 valence electrons. The van der Waals surface area contributed by atoms with Crippen molar-refractivity contribution in [1.82, 2.24) is 18.9 Å². The number of aromatic nitrogens is 4. The van der Waals surface area contributed by atoms with Gasteiger partial charge in [0, 0.05) is 35.7 Å². The van der Waals surface area contributed by atoms with Gasteiger partial charge in [0.1, 0.15) is 6.04 Å². The number of hydrogen-bond donors (Lipinski definition) is 2. The quantitative estimate of drug-likeness (QED) is 0.537. The van der Waals surface area contributed by atoms with E-state index in [2.05, 4.69) is 21.4 Å². The minimum absolute atomic E-state index is 0.0321. The normalized spacial score (nSPS) is 16.4. The minimum Gasteiger partial charge on any atom is -0.342 e. The molecular formula is C19H20N5O2S+. The first kappa shape index (κ1) is 16.5. The lowest BCUT2D eigenvalue weighted by molar-refractivity contribution is -0.690. The molecule has 0 bridgehead atoms. The highest BCUT2D eigenvalue weighted by Crippen LogP contribution is 2.21. The number of nitrogens with zero attached hydrogens (tertiary/aromatic N) is 3. The number of rotatable bonds is 4. The van der Waals surface area contributed by atoms with Crippen LogP contribution in [0.1, 0.15) is 16.8 Å². The summed E-state index contributed by atoms with van der Waals surface area (Å²) in [5.74, 6) is 0. The van der Waals surface area contributed by atoms with Crippen LogP contribution in [0.3, 0.4) is 0 Å². The van der Waals surface area contributed by atoms with Crippen molar-refractivity contribution in [3.05, 3.63) is 67.4 Å². The maximum absolute atomic E-state index is 12.7. The third-order valence-corrected chi connectivity index (χ3v) is 6.19. The molecule has 1 atom stereocenters. The number of quaternary nitrogens is 1. The van der Waals surface area contributed by atoms with E-state index < -0.39 is 0 Å².